The zero-order valence-electron chi connectivity index (χ0n) is 17.1. The third-order valence-corrected chi connectivity index (χ3v) is 5.59. The normalized spacial score (nSPS) is 27.3. The minimum Gasteiger partial charge on any atom is -0.353 e. The van der Waals surface area contributed by atoms with E-state index in [2.05, 4.69) is 16.0 Å². The average molecular weight is 369 g/mol. The van der Waals surface area contributed by atoms with Crippen molar-refractivity contribution < 1.29 is 14.8 Å². The Balaban J connectivity index is 2.03. The predicted octanol–water partition coefficient (Wildman–Crippen LogP) is 1.61. The van der Waals surface area contributed by atoms with Crippen molar-refractivity contribution in [2.45, 2.75) is 90.5 Å². The van der Waals surface area contributed by atoms with Crippen LogP contribution in [0.5, 0.6) is 0 Å². The summed E-state index contributed by atoms with van der Waals surface area (Å²) in [6, 6.07) is -0.0745. The molecule has 2 heterocycles. The van der Waals surface area contributed by atoms with Gasteiger partial charge in [0.05, 0.1) is 6.17 Å². The second kappa shape index (κ2) is 7.82. The SMILES string of the molecule is CC(C)[C@H](C(=O)NC1CC(C)(C)N(O)C(C)(C)C1)C(=O)N[C@H]1CCCN1. The first-order valence-electron chi connectivity index (χ1n) is 9.77. The number of nitrogens with zero attached hydrogens (tertiary/aromatic N) is 1. The van der Waals surface area contributed by atoms with Gasteiger partial charge in [-0.15, -0.1) is 0 Å². The maximum Gasteiger partial charge on any atom is 0.234 e. The Morgan fingerprint density at radius 2 is 1.62 bits per heavy atom. The molecule has 2 saturated heterocycles. The van der Waals surface area contributed by atoms with Crippen molar-refractivity contribution in [1.82, 2.24) is 21.0 Å². The van der Waals surface area contributed by atoms with Gasteiger partial charge in [0.25, 0.3) is 0 Å². The zero-order chi connectivity index (χ0) is 19.7. The molecule has 2 atom stereocenters. The molecule has 7 nitrogen and oxygen atoms in total. The molecule has 0 aliphatic carbocycles. The molecule has 7 heteroatoms. The Hall–Kier alpha value is -1.18. The first-order valence-corrected chi connectivity index (χ1v) is 9.77. The second-order valence-corrected chi connectivity index (χ2v) is 9.43. The van der Waals surface area contributed by atoms with Gasteiger partial charge in [-0.05, 0) is 65.8 Å². The van der Waals surface area contributed by atoms with Gasteiger partial charge in [-0.2, -0.15) is 5.06 Å². The summed E-state index contributed by atoms with van der Waals surface area (Å²) < 4.78 is 0. The van der Waals surface area contributed by atoms with E-state index in [-0.39, 0.29) is 29.9 Å². The standard InChI is InChI=1S/C19H36N4O3/c1-12(2)15(17(25)22-14-8-7-9-20-14)16(24)21-13-10-18(3,4)23(26)19(5,6)11-13/h12-15,20,26H,7-11H2,1-6H3,(H,21,24)(H,22,25)/t14-,15+/m0/s1. The number of hydrogen-bond acceptors (Lipinski definition) is 5. The molecule has 2 aliphatic rings. The molecule has 0 aromatic heterocycles. The summed E-state index contributed by atoms with van der Waals surface area (Å²) in [4.78, 5) is 25.6. The molecule has 2 rings (SSSR count). The molecule has 150 valence electrons. The third-order valence-electron chi connectivity index (χ3n) is 5.59. The van der Waals surface area contributed by atoms with Crippen molar-refractivity contribution in [3.63, 3.8) is 0 Å². The maximum absolute atomic E-state index is 12.9. The van der Waals surface area contributed by atoms with Crippen molar-refractivity contribution in [3.8, 4) is 0 Å². The third kappa shape index (κ3) is 4.75. The summed E-state index contributed by atoms with van der Waals surface area (Å²) in [5, 5.41) is 21.1. The summed E-state index contributed by atoms with van der Waals surface area (Å²) in [6.45, 7) is 12.5. The van der Waals surface area contributed by atoms with E-state index < -0.39 is 17.0 Å². The minimum absolute atomic E-state index is 0.0351. The summed E-state index contributed by atoms with van der Waals surface area (Å²) in [5.41, 5.74) is -0.883. The van der Waals surface area contributed by atoms with Gasteiger partial charge in [0.2, 0.25) is 11.8 Å². The Labute approximate surface area is 157 Å². The van der Waals surface area contributed by atoms with Crippen LogP contribution < -0.4 is 16.0 Å². The van der Waals surface area contributed by atoms with Crippen molar-refractivity contribution in [3.05, 3.63) is 0 Å². The van der Waals surface area contributed by atoms with E-state index in [1.165, 1.54) is 5.06 Å². The van der Waals surface area contributed by atoms with Crippen LogP contribution in [-0.2, 0) is 9.59 Å². The van der Waals surface area contributed by atoms with Gasteiger partial charge in [-0.1, -0.05) is 13.8 Å². The van der Waals surface area contributed by atoms with Crippen LogP contribution in [0.2, 0.25) is 0 Å². The predicted molar refractivity (Wildman–Crippen MR) is 100 cm³/mol. The van der Waals surface area contributed by atoms with Crippen LogP contribution in [0.3, 0.4) is 0 Å². The lowest BCUT2D eigenvalue weighted by Crippen LogP contribution is -2.63. The van der Waals surface area contributed by atoms with Gasteiger partial charge in [0, 0.05) is 17.1 Å². The second-order valence-electron chi connectivity index (χ2n) is 9.43. The van der Waals surface area contributed by atoms with Crippen molar-refractivity contribution in [2.24, 2.45) is 11.8 Å². The van der Waals surface area contributed by atoms with Crippen LogP contribution >= 0.6 is 0 Å². The van der Waals surface area contributed by atoms with Gasteiger partial charge in [-0.25, -0.2) is 0 Å². The lowest BCUT2D eigenvalue weighted by atomic mass is 9.78. The Kier molecular flexibility index (Phi) is 6.36. The van der Waals surface area contributed by atoms with E-state index >= 15 is 0 Å². The summed E-state index contributed by atoms with van der Waals surface area (Å²) in [7, 11) is 0. The summed E-state index contributed by atoms with van der Waals surface area (Å²) >= 11 is 0. The zero-order valence-corrected chi connectivity index (χ0v) is 17.1. The molecule has 0 radical (unpaired) electrons. The lowest BCUT2D eigenvalue weighted by molar-refractivity contribution is -0.246. The fraction of sp³-hybridized carbons (Fsp3) is 0.895. The highest BCUT2D eigenvalue weighted by Crippen LogP contribution is 2.36. The number of carbonyl (C=O) groups is 2. The smallest absolute Gasteiger partial charge is 0.234 e. The van der Waals surface area contributed by atoms with Crippen molar-refractivity contribution in [2.75, 3.05) is 6.54 Å². The number of hydrogen-bond donors (Lipinski definition) is 4. The first kappa shape index (κ1) is 21.1. The van der Waals surface area contributed by atoms with Crippen molar-refractivity contribution in [1.29, 1.82) is 0 Å². The van der Waals surface area contributed by atoms with E-state index in [0.717, 1.165) is 19.4 Å². The number of amides is 2. The van der Waals surface area contributed by atoms with E-state index in [9.17, 15) is 14.8 Å². The van der Waals surface area contributed by atoms with Crippen molar-refractivity contribution >= 4 is 11.8 Å². The Bertz CT molecular complexity index is 509. The van der Waals surface area contributed by atoms with Crippen LogP contribution in [0.15, 0.2) is 0 Å². The lowest BCUT2D eigenvalue weighted by Gasteiger charge is -2.51. The van der Waals surface area contributed by atoms with Crippen LogP contribution in [0.25, 0.3) is 0 Å². The minimum atomic E-state index is -0.712. The molecule has 0 bridgehead atoms. The average Bonchev–Trinajstić information content (AvgIpc) is 2.96. The van der Waals surface area contributed by atoms with Gasteiger partial charge < -0.3 is 15.8 Å². The number of hydroxylamine groups is 2. The van der Waals surface area contributed by atoms with Gasteiger partial charge in [0.1, 0.15) is 5.92 Å². The highest BCUT2D eigenvalue weighted by atomic mass is 16.5. The molecule has 0 aromatic rings. The molecule has 2 fully saturated rings. The molecule has 0 unspecified atom stereocenters. The van der Waals surface area contributed by atoms with Crippen LogP contribution in [-0.4, -0.2) is 51.9 Å². The monoisotopic (exact) mass is 368 g/mol. The fourth-order valence-corrected chi connectivity index (χ4v) is 4.46. The Morgan fingerprint density at radius 3 is 2.08 bits per heavy atom. The molecular weight excluding hydrogens is 332 g/mol. The number of rotatable bonds is 5. The molecule has 0 aromatic carbocycles. The number of piperidine rings is 1. The summed E-state index contributed by atoms with van der Waals surface area (Å²) in [6.07, 6.45) is 3.17. The number of carbonyl (C=O) groups excluding carboxylic acids is 2. The van der Waals surface area contributed by atoms with Crippen LogP contribution in [0.4, 0.5) is 0 Å². The van der Waals surface area contributed by atoms with E-state index in [0.29, 0.717) is 12.8 Å². The maximum atomic E-state index is 12.9. The van der Waals surface area contributed by atoms with Gasteiger partial charge >= 0.3 is 0 Å². The van der Waals surface area contributed by atoms with Crippen LogP contribution in [0.1, 0.15) is 67.2 Å². The summed E-state index contributed by atoms with van der Waals surface area (Å²) in [5.74, 6) is -1.24. The molecule has 2 amide bonds. The largest absolute Gasteiger partial charge is 0.353 e. The molecule has 4 N–H and O–H groups in total. The highest BCUT2D eigenvalue weighted by molar-refractivity contribution is 6.00. The van der Waals surface area contributed by atoms with E-state index in [1.54, 1.807) is 0 Å². The van der Waals surface area contributed by atoms with E-state index in [1.807, 2.05) is 41.5 Å². The van der Waals surface area contributed by atoms with E-state index in [4.69, 9.17) is 0 Å². The van der Waals surface area contributed by atoms with Gasteiger partial charge in [0.15, 0.2) is 0 Å². The Morgan fingerprint density at radius 1 is 1.08 bits per heavy atom. The fourth-order valence-electron chi connectivity index (χ4n) is 4.46. The highest BCUT2D eigenvalue weighted by Gasteiger charge is 2.46. The molecule has 26 heavy (non-hydrogen) atoms. The van der Waals surface area contributed by atoms with Gasteiger partial charge in [-0.3, -0.25) is 14.9 Å². The molecular formula is C19H36N4O3. The number of nitrogens with one attached hydrogen (secondary N) is 3. The molecule has 0 spiro atoms. The molecule has 2 aliphatic heterocycles. The molecule has 0 saturated carbocycles. The first-order chi connectivity index (χ1) is 11.9. The topological polar surface area (TPSA) is 93.7 Å². The van der Waals surface area contributed by atoms with Crippen LogP contribution in [0, 0.1) is 11.8 Å². The quantitative estimate of drug-likeness (QED) is 0.553.